The van der Waals surface area contributed by atoms with Crippen molar-refractivity contribution in [2.45, 2.75) is 6.54 Å². The van der Waals surface area contributed by atoms with Gasteiger partial charge >= 0.3 is 0 Å². The summed E-state index contributed by atoms with van der Waals surface area (Å²) in [5.41, 5.74) is 0.792. The zero-order valence-corrected chi connectivity index (χ0v) is 12.4. The second-order valence-corrected chi connectivity index (χ2v) is 7.30. The number of hydrogen-bond acceptors (Lipinski definition) is 5. The molecule has 0 saturated heterocycles. The van der Waals surface area contributed by atoms with Crippen molar-refractivity contribution in [3.63, 3.8) is 0 Å². The average molecular weight is 344 g/mol. The zero-order valence-electron chi connectivity index (χ0n) is 9.98. The summed E-state index contributed by atoms with van der Waals surface area (Å²) in [6.45, 7) is 0.323. The summed E-state index contributed by atoms with van der Waals surface area (Å²) in [6, 6.07) is 3.55. The third-order valence-corrected chi connectivity index (χ3v) is 5.62. The molecule has 6 nitrogen and oxygen atoms in total. The van der Waals surface area contributed by atoms with E-state index in [1.54, 1.807) is 35.5 Å². The summed E-state index contributed by atoms with van der Waals surface area (Å²) in [5, 5.41) is 4.15. The monoisotopic (exact) mass is 343 g/mol. The smallest absolute Gasteiger partial charge is 0.197 e. The van der Waals surface area contributed by atoms with Gasteiger partial charge < -0.3 is 0 Å². The second kappa shape index (κ2) is 6.16. The number of sulfone groups is 1. The molecule has 2 rings (SSSR count). The molecule has 0 atom stereocenters. The highest BCUT2D eigenvalue weighted by Gasteiger charge is 2.13. The molecule has 100 valence electrons. The fourth-order valence-corrected chi connectivity index (χ4v) is 2.65. The molecule has 0 aliphatic carbocycles. The highest BCUT2D eigenvalue weighted by molar-refractivity contribution is 9.10. The topological polar surface area (TPSA) is 76.7 Å². The Morgan fingerprint density at radius 1 is 1.26 bits per heavy atom. The van der Waals surface area contributed by atoms with E-state index >= 15 is 0 Å². The first kappa shape index (κ1) is 14.0. The van der Waals surface area contributed by atoms with Crippen molar-refractivity contribution in [3.8, 4) is 11.4 Å². The number of nitrogens with zero attached hydrogens (tertiary/aromatic N) is 4. The largest absolute Gasteiger partial charge is 0.237 e. The van der Waals surface area contributed by atoms with Gasteiger partial charge in [-0.25, -0.2) is 18.4 Å². The summed E-state index contributed by atoms with van der Waals surface area (Å²) >= 11 is 2.95. The summed E-state index contributed by atoms with van der Waals surface area (Å²) in [7, 11) is -3.05. The van der Waals surface area contributed by atoms with Gasteiger partial charge in [0.1, 0.15) is 16.6 Å². The standard InChI is InChI=1S/C11H12BrN4O2S/c12-9-19(17,18)7-6-16-5-2-10(8-15-16)11-13-3-1-4-14-11/h1-5,8H,6-7,9H2/q+1. The van der Waals surface area contributed by atoms with E-state index in [1.165, 1.54) is 0 Å². The molecule has 0 aliphatic heterocycles. The molecule has 8 heteroatoms. The van der Waals surface area contributed by atoms with Crippen molar-refractivity contribution < 1.29 is 13.1 Å². The Kier molecular flexibility index (Phi) is 4.54. The van der Waals surface area contributed by atoms with Gasteiger partial charge in [-0.2, -0.15) is 0 Å². The number of halogens is 1. The van der Waals surface area contributed by atoms with Crippen LogP contribution in [0.3, 0.4) is 0 Å². The number of rotatable bonds is 5. The van der Waals surface area contributed by atoms with Crippen molar-refractivity contribution in [1.29, 1.82) is 0 Å². The van der Waals surface area contributed by atoms with Crippen LogP contribution in [0.2, 0.25) is 0 Å². The SMILES string of the molecule is O=S(=O)(CBr)CC[n+]1ccc(-c2ncccn2)cn1. The van der Waals surface area contributed by atoms with Crippen LogP contribution in [0.25, 0.3) is 11.4 Å². The van der Waals surface area contributed by atoms with Gasteiger partial charge in [-0.1, -0.05) is 20.6 Å². The van der Waals surface area contributed by atoms with E-state index in [9.17, 15) is 8.42 Å². The molecule has 0 saturated carbocycles. The molecule has 0 fully saturated rings. The molecule has 0 N–H and O–H groups in total. The van der Waals surface area contributed by atoms with Crippen LogP contribution >= 0.6 is 15.9 Å². The maximum absolute atomic E-state index is 11.4. The van der Waals surface area contributed by atoms with Crippen molar-refractivity contribution in [2.75, 3.05) is 10.4 Å². The third-order valence-electron chi connectivity index (χ3n) is 2.39. The van der Waals surface area contributed by atoms with Crippen molar-refractivity contribution >= 4 is 25.8 Å². The van der Waals surface area contributed by atoms with Crippen LogP contribution in [0, 0.1) is 0 Å². The van der Waals surface area contributed by atoms with Crippen LogP contribution in [0.4, 0.5) is 0 Å². The summed E-state index contributed by atoms with van der Waals surface area (Å²) < 4.78 is 24.3. The van der Waals surface area contributed by atoms with Crippen LogP contribution in [0.5, 0.6) is 0 Å². The molecule has 0 aliphatic rings. The Balaban J connectivity index is 2.07. The fourth-order valence-electron chi connectivity index (χ4n) is 1.38. The first-order valence-corrected chi connectivity index (χ1v) is 8.44. The molecule has 0 bridgehead atoms. The molecule has 0 spiro atoms. The Morgan fingerprint density at radius 2 is 2.00 bits per heavy atom. The molecular weight excluding hydrogens is 332 g/mol. The van der Waals surface area contributed by atoms with Crippen molar-refractivity contribution in [1.82, 2.24) is 15.1 Å². The minimum atomic E-state index is -3.05. The van der Waals surface area contributed by atoms with Crippen LogP contribution < -0.4 is 4.68 Å². The second-order valence-electron chi connectivity index (χ2n) is 3.81. The third kappa shape index (κ3) is 4.03. The lowest BCUT2D eigenvalue weighted by Crippen LogP contribution is -2.40. The van der Waals surface area contributed by atoms with Gasteiger partial charge in [-0.3, -0.25) is 0 Å². The number of hydrogen-bond donors (Lipinski definition) is 0. The van der Waals surface area contributed by atoms with Gasteiger partial charge in [0.05, 0.1) is 0 Å². The minimum Gasteiger partial charge on any atom is -0.237 e. The number of aromatic nitrogens is 4. The van der Waals surface area contributed by atoms with E-state index in [4.69, 9.17) is 0 Å². The molecular formula is C11H12BrN4O2S+. The molecule has 0 amide bonds. The minimum absolute atomic E-state index is 0.0313. The Labute approximate surface area is 119 Å². The quantitative estimate of drug-likeness (QED) is 0.586. The molecule has 0 unspecified atom stereocenters. The summed E-state index contributed by atoms with van der Waals surface area (Å²) in [4.78, 5) is 8.23. The molecule has 19 heavy (non-hydrogen) atoms. The summed E-state index contributed by atoms with van der Waals surface area (Å²) in [6.07, 6.45) is 6.66. The predicted octanol–water partition coefficient (Wildman–Crippen LogP) is 0.593. The van der Waals surface area contributed by atoms with Gasteiger partial charge in [0.15, 0.2) is 28.4 Å². The summed E-state index contributed by atoms with van der Waals surface area (Å²) in [5.74, 6) is 0.645. The molecule has 0 aromatic carbocycles. The van der Waals surface area contributed by atoms with Gasteiger partial charge in [0.25, 0.3) is 0 Å². The van der Waals surface area contributed by atoms with Crippen LogP contribution in [0.15, 0.2) is 36.9 Å². The maximum Gasteiger partial charge on any atom is 0.197 e. The Bertz CT molecular complexity index is 632. The van der Waals surface area contributed by atoms with Crippen LogP contribution in [-0.2, 0) is 16.4 Å². The van der Waals surface area contributed by atoms with E-state index < -0.39 is 9.84 Å². The fraction of sp³-hybridized carbons (Fsp3) is 0.273. The van der Waals surface area contributed by atoms with E-state index in [-0.39, 0.29) is 10.4 Å². The predicted molar refractivity (Wildman–Crippen MR) is 73.0 cm³/mol. The number of aryl methyl sites for hydroxylation is 1. The lowest BCUT2D eigenvalue weighted by molar-refractivity contribution is -0.749. The molecule has 0 radical (unpaired) electrons. The van der Waals surface area contributed by atoms with Gasteiger partial charge in [0, 0.05) is 24.0 Å². The van der Waals surface area contributed by atoms with Gasteiger partial charge in [-0.05, 0) is 11.2 Å². The van der Waals surface area contributed by atoms with E-state index in [2.05, 4.69) is 31.0 Å². The van der Waals surface area contributed by atoms with Gasteiger partial charge in [-0.15, -0.1) is 0 Å². The molecule has 2 aromatic rings. The zero-order chi connectivity index (χ0) is 13.7. The Morgan fingerprint density at radius 3 is 2.58 bits per heavy atom. The van der Waals surface area contributed by atoms with E-state index in [0.717, 1.165) is 5.56 Å². The van der Waals surface area contributed by atoms with Crippen molar-refractivity contribution in [3.05, 3.63) is 36.9 Å². The molecule has 2 aromatic heterocycles. The highest BCUT2D eigenvalue weighted by atomic mass is 79.9. The lowest BCUT2D eigenvalue weighted by atomic mass is 10.3. The maximum atomic E-state index is 11.4. The molecule has 2 heterocycles. The van der Waals surface area contributed by atoms with Crippen LogP contribution in [0.1, 0.15) is 0 Å². The lowest BCUT2D eigenvalue weighted by Gasteiger charge is -1.98. The normalized spacial score (nSPS) is 11.4. The Hall–Kier alpha value is -1.41. The van der Waals surface area contributed by atoms with Crippen molar-refractivity contribution in [2.24, 2.45) is 0 Å². The van der Waals surface area contributed by atoms with E-state index in [1.807, 2.05) is 6.07 Å². The van der Waals surface area contributed by atoms with Gasteiger partial charge in [0.2, 0.25) is 0 Å². The number of alkyl halides is 1. The first-order chi connectivity index (χ1) is 9.11. The van der Waals surface area contributed by atoms with E-state index in [0.29, 0.717) is 12.4 Å². The highest BCUT2D eigenvalue weighted by Crippen LogP contribution is 2.09. The average Bonchev–Trinajstić information content (AvgIpc) is 2.47. The van der Waals surface area contributed by atoms with Crippen LogP contribution in [-0.4, -0.2) is 33.9 Å². The first-order valence-electron chi connectivity index (χ1n) is 5.50.